The van der Waals surface area contributed by atoms with Gasteiger partial charge in [-0.15, -0.1) is 11.3 Å². The summed E-state index contributed by atoms with van der Waals surface area (Å²) < 4.78 is 6.58. The molecule has 26 heavy (non-hydrogen) atoms. The van der Waals surface area contributed by atoms with E-state index in [4.69, 9.17) is 4.74 Å². The molecule has 3 heterocycles. The number of rotatable bonds is 5. The molecule has 5 nitrogen and oxygen atoms in total. The zero-order chi connectivity index (χ0) is 17.8. The molecule has 1 N–H and O–H groups in total. The third-order valence-corrected chi connectivity index (χ3v) is 5.57. The molecule has 1 aliphatic rings. The number of morpholine rings is 1. The van der Waals surface area contributed by atoms with Crippen LogP contribution in [0.2, 0.25) is 0 Å². The van der Waals surface area contributed by atoms with Crippen molar-refractivity contribution in [2.24, 2.45) is 0 Å². The van der Waals surface area contributed by atoms with Crippen LogP contribution in [0.4, 0.5) is 0 Å². The molecule has 0 radical (unpaired) electrons. The van der Waals surface area contributed by atoms with E-state index in [1.165, 1.54) is 10.1 Å². The van der Waals surface area contributed by atoms with Crippen molar-refractivity contribution in [1.82, 2.24) is 15.2 Å². The Hall–Kier alpha value is -2.28. The van der Waals surface area contributed by atoms with E-state index >= 15 is 0 Å². The number of fused-ring (bicyclic) bond motifs is 1. The smallest absolute Gasteiger partial charge is 0.252 e. The maximum Gasteiger partial charge on any atom is 0.252 e. The predicted octanol–water partition coefficient (Wildman–Crippen LogP) is 3.03. The first kappa shape index (κ1) is 17.1. The molecule has 0 spiro atoms. The highest BCUT2D eigenvalue weighted by atomic mass is 32.1. The van der Waals surface area contributed by atoms with Gasteiger partial charge in [-0.25, -0.2) is 0 Å². The fourth-order valence-corrected chi connectivity index (χ4v) is 4.14. The van der Waals surface area contributed by atoms with E-state index in [1.54, 1.807) is 17.5 Å². The molecule has 1 amide bonds. The Labute approximate surface area is 156 Å². The highest BCUT2D eigenvalue weighted by Crippen LogP contribution is 2.33. The second-order valence-electron chi connectivity index (χ2n) is 6.32. The molecule has 134 valence electrons. The molecular formula is C20H21N3O2S. The predicted molar refractivity (Wildman–Crippen MR) is 105 cm³/mol. The van der Waals surface area contributed by atoms with Crippen LogP contribution in [0.1, 0.15) is 10.4 Å². The van der Waals surface area contributed by atoms with Crippen LogP contribution in [0.25, 0.3) is 21.2 Å². The monoisotopic (exact) mass is 367 g/mol. The van der Waals surface area contributed by atoms with Gasteiger partial charge in [0.1, 0.15) is 0 Å². The Morgan fingerprint density at radius 3 is 2.96 bits per heavy atom. The minimum atomic E-state index is -0.0767. The average molecular weight is 367 g/mol. The number of thiophene rings is 1. The second kappa shape index (κ2) is 7.95. The zero-order valence-corrected chi connectivity index (χ0v) is 15.3. The van der Waals surface area contributed by atoms with Crippen LogP contribution in [0.5, 0.6) is 0 Å². The van der Waals surface area contributed by atoms with Crippen LogP contribution in [0, 0.1) is 0 Å². The summed E-state index contributed by atoms with van der Waals surface area (Å²) in [6, 6.07) is 10.2. The minimum Gasteiger partial charge on any atom is -0.379 e. The molecule has 0 aliphatic carbocycles. The van der Waals surface area contributed by atoms with E-state index < -0.39 is 0 Å². The summed E-state index contributed by atoms with van der Waals surface area (Å²) in [5.74, 6) is -0.0767. The number of aromatic nitrogens is 1. The Morgan fingerprint density at radius 1 is 1.23 bits per heavy atom. The fourth-order valence-electron chi connectivity index (χ4n) is 3.17. The first-order chi connectivity index (χ1) is 12.8. The van der Waals surface area contributed by atoms with E-state index in [2.05, 4.69) is 32.7 Å². The third-order valence-electron chi connectivity index (χ3n) is 4.61. The number of hydrogen-bond acceptors (Lipinski definition) is 5. The molecule has 4 rings (SSSR count). The molecule has 1 aromatic carbocycles. The van der Waals surface area contributed by atoms with Crippen LogP contribution in [0.15, 0.2) is 48.1 Å². The van der Waals surface area contributed by atoms with E-state index in [0.29, 0.717) is 12.1 Å². The van der Waals surface area contributed by atoms with Gasteiger partial charge in [-0.3, -0.25) is 14.7 Å². The standard InChI is InChI=1S/C20H21N3O2S/c24-20(22-5-6-23-7-9-25-10-8-23)16-11-15(12-21-13-16)18-14-26-19-4-2-1-3-17(18)19/h1-4,11-14H,5-10H2,(H,22,24). The average Bonchev–Trinajstić information content (AvgIpc) is 3.13. The van der Waals surface area contributed by atoms with Gasteiger partial charge in [0, 0.05) is 59.8 Å². The van der Waals surface area contributed by atoms with Crippen molar-refractivity contribution in [1.29, 1.82) is 0 Å². The number of carbonyl (C=O) groups excluding carboxylic acids is 1. The number of carbonyl (C=O) groups is 1. The SMILES string of the molecule is O=C(NCCN1CCOCC1)c1cncc(-c2csc3ccccc23)c1. The van der Waals surface area contributed by atoms with Crippen LogP contribution in [-0.4, -0.2) is 55.2 Å². The molecular weight excluding hydrogens is 346 g/mol. The molecule has 1 saturated heterocycles. The summed E-state index contributed by atoms with van der Waals surface area (Å²) in [6.07, 6.45) is 3.45. The van der Waals surface area contributed by atoms with Gasteiger partial charge in [0.05, 0.1) is 18.8 Å². The number of pyridine rings is 1. The van der Waals surface area contributed by atoms with Crippen molar-refractivity contribution in [3.05, 3.63) is 53.7 Å². The van der Waals surface area contributed by atoms with Gasteiger partial charge >= 0.3 is 0 Å². The topological polar surface area (TPSA) is 54.5 Å². The van der Waals surface area contributed by atoms with Crippen LogP contribution in [0.3, 0.4) is 0 Å². The Bertz CT molecular complexity index is 903. The first-order valence-corrected chi connectivity index (χ1v) is 9.69. The van der Waals surface area contributed by atoms with Crippen molar-refractivity contribution >= 4 is 27.3 Å². The molecule has 6 heteroatoms. The first-order valence-electron chi connectivity index (χ1n) is 8.81. The van der Waals surface area contributed by atoms with Crippen LogP contribution < -0.4 is 5.32 Å². The van der Waals surface area contributed by atoms with E-state index in [-0.39, 0.29) is 5.91 Å². The summed E-state index contributed by atoms with van der Waals surface area (Å²) in [7, 11) is 0. The number of benzene rings is 1. The second-order valence-corrected chi connectivity index (χ2v) is 7.23. The maximum atomic E-state index is 12.5. The molecule has 1 fully saturated rings. The van der Waals surface area contributed by atoms with Gasteiger partial charge in [-0.1, -0.05) is 18.2 Å². The summed E-state index contributed by atoms with van der Waals surface area (Å²) in [5, 5.41) is 6.32. The number of nitrogens with zero attached hydrogens (tertiary/aromatic N) is 2. The summed E-state index contributed by atoms with van der Waals surface area (Å²) in [5.41, 5.74) is 2.70. The zero-order valence-electron chi connectivity index (χ0n) is 14.5. The number of ether oxygens (including phenoxy) is 1. The van der Waals surface area contributed by atoms with E-state index in [9.17, 15) is 4.79 Å². The lowest BCUT2D eigenvalue weighted by Crippen LogP contribution is -2.41. The van der Waals surface area contributed by atoms with Crippen molar-refractivity contribution < 1.29 is 9.53 Å². The molecule has 0 atom stereocenters. The van der Waals surface area contributed by atoms with Gasteiger partial charge in [0.25, 0.3) is 5.91 Å². The molecule has 2 aromatic heterocycles. The van der Waals surface area contributed by atoms with Gasteiger partial charge in [-0.05, 0) is 17.5 Å². The largest absolute Gasteiger partial charge is 0.379 e. The fraction of sp³-hybridized carbons (Fsp3) is 0.300. The highest BCUT2D eigenvalue weighted by molar-refractivity contribution is 7.17. The van der Waals surface area contributed by atoms with Gasteiger partial charge in [0.2, 0.25) is 0 Å². The summed E-state index contributed by atoms with van der Waals surface area (Å²) in [6.45, 7) is 4.88. The van der Waals surface area contributed by atoms with Crippen molar-refractivity contribution in [2.45, 2.75) is 0 Å². The Kier molecular flexibility index (Phi) is 5.24. The van der Waals surface area contributed by atoms with Gasteiger partial charge < -0.3 is 10.1 Å². The lowest BCUT2D eigenvalue weighted by molar-refractivity contribution is 0.0383. The van der Waals surface area contributed by atoms with Crippen molar-refractivity contribution in [3.63, 3.8) is 0 Å². The number of amides is 1. The van der Waals surface area contributed by atoms with Crippen molar-refractivity contribution in [3.8, 4) is 11.1 Å². The van der Waals surface area contributed by atoms with E-state index in [1.807, 2.05) is 24.4 Å². The molecule has 0 saturated carbocycles. The van der Waals surface area contributed by atoms with Crippen LogP contribution >= 0.6 is 11.3 Å². The molecule has 1 aliphatic heterocycles. The maximum absolute atomic E-state index is 12.5. The van der Waals surface area contributed by atoms with Crippen LogP contribution in [-0.2, 0) is 4.74 Å². The number of nitrogens with one attached hydrogen (secondary N) is 1. The summed E-state index contributed by atoms with van der Waals surface area (Å²) >= 11 is 1.71. The molecule has 3 aromatic rings. The quantitative estimate of drug-likeness (QED) is 0.753. The van der Waals surface area contributed by atoms with Crippen molar-refractivity contribution in [2.75, 3.05) is 39.4 Å². The molecule has 0 bridgehead atoms. The Morgan fingerprint density at radius 2 is 2.08 bits per heavy atom. The molecule has 0 unspecified atom stereocenters. The lowest BCUT2D eigenvalue weighted by Gasteiger charge is -2.26. The Balaban J connectivity index is 1.44. The normalized spacial score (nSPS) is 15.2. The number of hydrogen-bond donors (Lipinski definition) is 1. The minimum absolute atomic E-state index is 0.0767. The highest BCUT2D eigenvalue weighted by Gasteiger charge is 2.13. The summed E-state index contributed by atoms with van der Waals surface area (Å²) in [4.78, 5) is 19.1. The van der Waals surface area contributed by atoms with Gasteiger partial charge in [-0.2, -0.15) is 0 Å². The van der Waals surface area contributed by atoms with Gasteiger partial charge in [0.15, 0.2) is 0 Å². The third kappa shape index (κ3) is 3.77. The lowest BCUT2D eigenvalue weighted by atomic mass is 10.0. The van der Waals surface area contributed by atoms with E-state index in [0.717, 1.165) is 44.0 Å².